The second-order valence-corrected chi connectivity index (χ2v) is 3.08. The molecule has 2 rings (SSSR count). The number of carboxylic acids is 1. The van der Waals surface area contributed by atoms with Crippen LogP contribution in [-0.2, 0) is 4.79 Å². The van der Waals surface area contributed by atoms with Gasteiger partial charge in [-0.25, -0.2) is 9.18 Å². The highest BCUT2D eigenvalue weighted by Gasteiger charge is 2.20. The van der Waals surface area contributed by atoms with Gasteiger partial charge in [0.1, 0.15) is 11.6 Å². The maximum atomic E-state index is 12.9. The standard InChI is InChI=1S/C11H7FO3/c1-6-4-10(11(13)14)15-9-3-2-7(12)5-8(6)9/h2-5H,1H2,(H,13,14). The van der Waals surface area contributed by atoms with E-state index in [1.807, 2.05) is 0 Å². The molecule has 1 aromatic rings. The van der Waals surface area contributed by atoms with Crippen molar-refractivity contribution < 1.29 is 19.0 Å². The van der Waals surface area contributed by atoms with Crippen molar-refractivity contribution in [3.05, 3.63) is 48.0 Å². The molecule has 4 heteroatoms. The second-order valence-electron chi connectivity index (χ2n) is 3.08. The number of carbonyl (C=O) groups is 1. The first-order valence-corrected chi connectivity index (χ1v) is 4.19. The minimum absolute atomic E-state index is 0.209. The number of rotatable bonds is 1. The predicted molar refractivity (Wildman–Crippen MR) is 51.8 cm³/mol. The first-order chi connectivity index (χ1) is 7.08. The highest BCUT2D eigenvalue weighted by molar-refractivity contribution is 5.92. The Kier molecular flexibility index (Phi) is 2.04. The molecule has 0 unspecified atom stereocenters. The normalized spacial score (nSPS) is 13.9. The van der Waals surface area contributed by atoms with Gasteiger partial charge < -0.3 is 9.84 Å². The molecule has 0 fully saturated rings. The van der Waals surface area contributed by atoms with Crippen LogP contribution in [0, 0.1) is 5.82 Å². The molecule has 1 aromatic carbocycles. The summed E-state index contributed by atoms with van der Waals surface area (Å²) in [5, 5.41) is 8.73. The summed E-state index contributed by atoms with van der Waals surface area (Å²) in [6.07, 6.45) is 1.27. The van der Waals surface area contributed by atoms with E-state index in [9.17, 15) is 9.18 Å². The Morgan fingerprint density at radius 1 is 1.47 bits per heavy atom. The van der Waals surface area contributed by atoms with Gasteiger partial charge in [0.25, 0.3) is 0 Å². The molecule has 0 saturated carbocycles. The van der Waals surface area contributed by atoms with Gasteiger partial charge in [-0.15, -0.1) is 0 Å². The number of hydrogen-bond acceptors (Lipinski definition) is 2. The average Bonchev–Trinajstić information content (AvgIpc) is 2.18. The number of carboxylic acid groups (broad SMARTS) is 1. The zero-order chi connectivity index (χ0) is 11.0. The van der Waals surface area contributed by atoms with Crippen molar-refractivity contribution in [2.75, 3.05) is 0 Å². The van der Waals surface area contributed by atoms with Gasteiger partial charge in [-0.2, -0.15) is 0 Å². The molecule has 1 aliphatic rings. The van der Waals surface area contributed by atoms with Crippen molar-refractivity contribution in [1.29, 1.82) is 0 Å². The van der Waals surface area contributed by atoms with E-state index in [1.54, 1.807) is 0 Å². The Balaban J connectivity index is 2.49. The predicted octanol–water partition coefficient (Wildman–Crippen LogP) is 2.20. The van der Waals surface area contributed by atoms with Crippen LogP contribution in [0.2, 0.25) is 0 Å². The van der Waals surface area contributed by atoms with Crippen LogP contribution in [0.15, 0.2) is 36.6 Å². The van der Waals surface area contributed by atoms with Gasteiger partial charge in [-0.3, -0.25) is 0 Å². The third kappa shape index (κ3) is 1.61. The van der Waals surface area contributed by atoms with E-state index in [-0.39, 0.29) is 5.76 Å². The first kappa shape index (κ1) is 9.45. The molecule has 1 aliphatic heterocycles. The van der Waals surface area contributed by atoms with Gasteiger partial charge in [0.05, 0.1) is 0 Å². The van der Waals surface area contributed by atoms with Crippen LogP contribution in [0.3, 0.4) is 0 Å². The smallest absolute Gasteiger partial charge is 0.371 e. The summed E-state index contributed by atoms with van der Waals surface area (Å²) in [6, 6.07) is 3.84. The third-order valence-electron chi connectivity index (χ3n) is 2.02. The van der Waals surface area contributed by atoms with Crippen LogP contribution in [0.25, 0.3) is 5.57 Å². The van der Waals surface area contributed by atoms with Crippen molar-refractivity contribution in [1.82, 2.24) is 0 Å². The van der Waals surface area contributed by atoms with E-state index in [0.717, 1.165) is 0 Å². The molecule has 76 valence electrons. The second kappa shape index (κ2) is 3.24. The van der Waals surface area contributed by atoms with Gasteiger partial charge in [0, 0.05) is 5.56 Å². The summed E-state index contributed by atoms with van der Waals surface area (Å²) in [5.74, 6) is -1.49. The monoisotopic (exact) mass is 206 g/mol. The number of benzene rings is 1. The largest absolute Gasteiger partial charge is 0.475 e. The number of halogens is 1. The van der Waals surface area contributed by atoms with Crippen molar-refractivity contribution in [3.8, 4) is 5.75 Å². The Hall–Kier alpha value is -2.10. The molecule has 0 aromatic heterocycles. The minimum atomic E-state index is -1.17. The number of hydrogen-bond donors (Lipinski definition) is 1. The maximum absolute atomic E-state index is 12.9. The van der Waals surface area contributed by atoms with E-state index in [1.165, 1.54) is 24.3 Å². The van der Waals surface area contributed by atoms with Crippen LogP contribution in [0.4, 0.5) is 4.39 Å². The van der Waals surface area contributed by atoms with Crippen LogP contribution >= 0.6 is 0 Å². The molecule has 1 heterocycles. The van der Waals surface area contributed by atoms with Crippen molar-refractivity contribution in [3.63, 3.8) is 0 Å². The van der Waals surface area contributed by atoms with Gasteiger partial charge in [-0.05, 0) is 29.8 Å². The fraction of sp³-hybridized carbons (Fsp3) is 0. The number of ether oxygens (including phenoxy) is 1. The minimum Gasteiger partial charge on any atom is -0.475 e. The molecule has 0 saturated heterocycles. The van der Waals surface area contributed by atoms with E-state index in [4.69, 9.17) is 9.84 Å². The fourth-order valence-electron chi connectivity index (χ4n) is 1.33. The maximum Gasteiger partial charge on any atom is 0.371 e. The molecule has 0 radical (unpaired) electrons. The summed E-state index contributed by atoms with van der Waals surface area (Å²) < 4.78 is 17.9. The fourth-order valence-corrected chi connectivity index (χ4v) is 1.33. The lowest BCUT2D eigenvalue weighted by Crippen LogP contribution is -2.12. The Morgan fingerprint density at radius 3 is 2.87 bits per heavy atom. The number of aliphatic carboxylic acids is 1. The molecule has 0 amide bonds. The molecular weight excluding hydrogens is 199 g/mol. The van der Waals surface area contributed by atoms with Crippen LogP contribution in [0.1, 0.15) is 5.56 Å². The van der Waals surface area contributed by atoms with Crippen molar-refractivity contribution in [2.24, 2.45) is 0 Å². The lowest BCUT2D eigenvalue weighted by Gasteiger charge is -2.16. The molecule has 1 N–H and O–H groups in total. The summed E-state index contributed by atoms with van der Waals surface area (Å²) >= 11 is 0. The van der Waals surface area contributed by atoms with E-state index in [2.05, 4.69) is 6.58 Å². The number of fused-ring (bicyclic) bond motifs is 1. The van der Waals surface area contributed by atoms with Crippen LogP contribution in [-0.4, -0.2) is 11.1 Å². The zero-order valence-corrected chi connectivity index (χ0v) is 7.66. The van der Waals surface area contributed by atoms with Crippen molar-refractivity contribution in [2.45, 2.75) is 0 Å². The molecule has 0 spiro atoms. The first-order valence-electron chi connectivity index (χ1n) is 4.19. The van der Waals surface area contributed by atoms with Crippen LogP contribution in [0.5, 0.6) is 5.75 Å². The molecule has 0 atom stereocenters. The number of allylic oxidation sites excluding steroid dienone is 2. The highest BCUT2D eigenvalue weighted by Crippen LogP contribution is 2.32. The van der Waals surface area contributed by atoms with Gasteiger partial charge >= 0.3 is 5.97 Å². The lowest BCUT2D eigenvalue weighted by atomic mass is 10.0. The van der Waals surface area contributed by atoms with E-state index < -0.39 is 11.8 Å². The topological polar surface area (TPSA) is 46.5 Å². The quantitative estimate of drug-likeness (QED) is 0.766. The van der Waals surface area contributed by atoms with E-state index in [0.29, 0.717) is 16.9 Å². The van der Waals surface area contributed by atoms with Gasteiger partial charge in [0.15, 0.2) is 0 Å². The van der Waals surface area contributed by atoms with Gasteiger partial charge in [-0.1, -0.05) is 6.58 Å². The van der Waals surface area contributed by atoms with E-state index >= 15 is 0 Å². The molecule has 0 bridgehead atoms. The van der Waals surface area contributed by atoms with Gasteiger partial charge in [0.2, 0.25) is 5.76 Å². The highest BCUT2D eigenvalue weighted by atomic mass is 19.1. The average molecular weight is 206 g/mol. The summed E-state index contributed by atoms with van der Waals surface area (Å²) in [5.41, 5.74) is 0.896. The molecular formula is C11H7FO3. The lowest BCUT2D eigenvalue weighted by molar-refractivity contribution is -0.135. The van der Waals surface area contributed by atoms with Crippen molar-refractivity contribution >= 4 is 11.5 Å². The summed E-state index contributed by atoms with van der Waals surface area (Å²) in [4.78, 5) is 10.7. The summed E-state index contributed by atoms with van der Waals surface area (Å²) in [6.45, 7) is 3.64. The van der Waals surface area contributed by atoms with Crippen LogP contribution < -0.4 is 4.74 Å². The Labute approximate surface area is 85.1 Å². The Bertz CT molecular complexity index is 489. The SMILES string of the molecule is C=C1C=C(C(=O)O)Oc2ccc(F)cc21. The Morgan fingerprint density at radius 2 is 2.20 bits per heavy atom. The molecule has 3 nitrogen and oxygen atoms in total. The zero-order valence-electron chi connectivity index (χ0n) is 7.66. The summed E-state index contributed by atoms with van der Waals surface area (Å²) in [7, 11) is 0. The molecule has 0 aliphatic carbocycles. The molecule has 15 heavy (non-hydrogen) atoms. The third-order valence-corrected chi connectivity index (χ3v) is 2.02.